The first kappa shape index (κ1) is 21.5. The van der Waals surface area contributed by atoms with Crippen LogP contribution in [0.3, 0.4) is 0 Å². The van der Waals surface area contributed by atoms with Crippen LogP contribution < -0.4 is 15.4 Å². The van der Waals surface area contributed by atoms with Crippen molar-refractivity contribution in [2.45, 2.75) is 40.0 Å². The Hall–Kier alpha value is -2.57. The highest BCUT2D eigenvalue weighted by molar-refractivity contribution is 5.87. The van der Waals surface area contributed by atoms with E-state index in [1.807, 2.05) is 20.8 Å². The molecule has 0 spiro atoms. The Balaban J connectivity index is 2.28. The Morgan fingerprint density at radius 3 is 2.04 bits per heavy atom. The first-order chi connectivity index (χ1) is 12.2. The molecular weight excluding hydrogens is 336 g/mol. The van der Waals surface area contributed by atoms with Gasteiger partial charge in [0, 0.05) is 19.4 Å². The fraction of sp³-hybridized carbons (Fsp3) is 0.526. The summed E-state index contributed by atoms with van der Waals surface area (Å²) in [5.74, 6) is -0.632. The van der Waals surface area contributed by atoms with Crippen LogP contribution in [-0.4, -0.2) is 42.6 Å². The van der Waals surface area contributed by atoms with Crippen LogP contribution in [0.15, 0.2) is 24.3 Å². The third kappa shape index (κ3) is 8.50. The number of amides is 2. The summed E-state index contributed by atoms with van der Waals surface area (Å²) in [6, 6.07) is 6.07. The summed E-state index contributed by atoms with van der Waals surface area (Å²) in [6.45, 7) is 7.01. The van der Waals surface area contributed by atoms with Gasteiger partial charge in [0.25, 0.3) is 0 Å². The maximum atomic E-state index is 12.0. The second-order valence-electron chi connectivity index (χ2n) is 6.90. The zero-order chi connectivity index (χ0) is 19.6. The lowest BCUT2D eigenvalue weighted by molar-refractivity contribution is -0.126. The molecule has 0 saturated carbocycles. The first-order valence-electron chi connectivity index (χ1n) is 8.73. The van der Waals surface area contributed by atoms with E-state index in [4.69, 9.17) is 9.84 Å². The predicted molar refractivity (Wildman–Crippen MR) is 98.2 cm³/mol. The highest BCUT2D eigenvalue weighted by atomic mass is 16.5. The summed E-state index contributed by atoms with van der Waals surface area (Å²) in [5.41, 5.74) is -0.231. The highest BCUT2D eigenvalue weighted by Crippen LogP contribution is 2.24. The molecule has 1 aromatic carbocycles. The number of hydrogen-bond acceptors (Lipinski definition) is 4. The molecule has 0 aromatic heterocycles. The van der Waals surface area contributed by atoms with E-state index in [0.29, 0.717) is 25.3 Å². The van der Waals surface area contributed by atoms with Crippen molar-refractivity contribution in [3.8, 4) is 5.75 Å². The van der Waals surface area contributed by atoms with E-state index < -0.39 is 11.4 Å². The summed E-state index contributed by atoms with van der Waals surface area (Å²) in [6.07, 6.45) is 1.43. The summed E-state index contributed by atoms with van der Waals surface area (Å²) < 4.78 is 5.46. The van der Waals surface area contributed by atoms with Gasteiger partial charge >= 0.3 is 5.97 Å². The predicted octanol–water partition coefficient (Wildman–Crippen LogP) is 2.21. The molecule has 2 amide bonds. The molecule has 0 aliphatic heterocycles. The number of rotatable bonds is 11. The van der Waals surface area contributed by atoms with Gasteiger partial charge in [-0.3, -0.25) is 9.59 Å². The third-order valence-corrected chi connectivity index (χ3v) is 3.64. The van der Waals surface area contributed by atoms with Crippen LogP contribution in [0.2, 0.25) is 0 Å². The first-order valence-corrected chi connectivity index (χ1v) is 8.73. The van der Waals surface area contributed by atoms with Gasteiger partial charge in [0.15, 0.2) is 0 Å². The Morgan fingerprint density at radius 2 is 1.54 bits per heavy atom. The zero-order valence-electron chi connectivity index (χ0n) is 15.6. The van der Waals surface area contributed by atoms with Crippen LogP contribution in [0.1, 0.15) is 50.4 Å². The molecule has 0 fully saturated rings. The Bertz CT molecular complexity index is 611. The van der Waals surface area contributed by atoms with Crippen molar-refractivity contribution in [1.29, 1.82) is 0 Å². The number of hydrogen-bond donors (Lipinski definition) is 3. The number of carboxylic acids is 1. The Labute approximate surface area is 154 Å². The monoisotopic (exact) mass is 364 g/mol. The highest BCUT2D eigenvalue weighted by Gasteiger charge is 2.25. The van der Waals surface area contributed by atoms with Gasteiger partial charge in [-0.1, -0.05) is 20.8 Å². The number of carbonyl (C=O) groups excluding carboxylic acids is 2. The van der Waals surface area contributed by atoms with E-state index >= 15 is 0 Å². The molecule has 0 heterocycles. The standard InChI is InChI=1S/C19H28N2O5/c1-4-9-20-16(22)12-19(2,3)13-17(23)21-10-11-26-15-7-5-14(6-8-15)18(24)25/h5-8H,4,9-13H2,1-3H3,(H,20,22)(H,21,23)(H,24,25). The second-order valence-corrected chi connectivity index (χ2v) is 6.90. The van der Waals surface area contributed by atoms with Crippen LogP contribution in [0.5, 0.6) is 5.75 Å². The SMILES string of the molecule is CCCNC(=O)CC(C)(C)CC(=O)NCCOc1ccc(C(=O)O)cc1. The number of aromatic carboxylic acids is 1. The minimum atomic E-state index is -0.991. The smallest absolute Gasteiger partial charge is 0.335 e. The zero-order valence-corrected chi connectivity index (χ0v) is 15.6. The number of carboxylic acid groups (broad SMARTS) is 1. The molecule has 7 nitrogen and oxygen atoms in total. The molecule has 3 N–H and O–H groups in total. The number of nitrogens with one attached hydrogen (secondary N) is 2. The molecule has 0 saturated heterocycles. The maximum Gasteiger partial charge on any atom is 0.335 e. The van der Waals surface area contributed by atoms with Gasteiger partial charge in [-0.15, -0.1) is 0 Å². The van der Waals surface area contributed by atoms with Gasteiger partial charge < -0.3 is 20.5 Å². The molecule has 1 aromatic rings. The summed E-state index contributed by atoms with van der Waals surface area (Å²) in [5, 5.41) is 14.4. The molecule has 0 aliphatic rings. The number of ether oxygens (including phenoxy) is 1. The summed E-state index contributed by atoms with van der Waals surface area (Å²) >= 11 is 0. The van der Waals surface area contributed by atoms with Gasteiger partial charge in [-0.05, 0) is 36.1 Å². The van der Waals surface area contributed by atoms with E-state index in [0.717, 1.165) is 6.42 Å². The van der Waals surface area contributed by atoms with Gasteiger partial charge in [0.1, 0.15) is 12.4 Å². The van der Waals surface area contributed by atoms with Crippen molar-refractivity contribution >= 4 is 17.8 Å². The molecule has 0 atom stereocenters. The van der Waals surface area contributed by atoms with Crippen molar-refractivity contribution in [3.05, 3.63) is 29.8 Å². The van der Waals surface area contributed by atoms with Crippen molar-refractivity contribution in [2.24, 2.45) is 5.41 Å². The molecule has 144 valence electrons. The number of benzene rings is 1. The maximum absolute atomic E-state index is 12.0. The van der Waals surface area contributed by atoms with Crippen LogP contribution in [0.4, 0.5) is 0 Å². The Kier molecular flexibility index (Phi) is 8.61. The molecule has 26 heavy (non-hydrogen) atoms. The molecule has 0 bridgehead atoms. The molecule has 1 rings (SSSR count). The van der Waals surface area contributed by atoms with Crippen molar-refractivity contribution < 1.29 is 24.2 Å². The fourth-order valence-electron chi connectivity index (χ4n) is 2.37. The minimum absolute atomic E-state index is 0.0437. The molecule has 0 unspecified atom stereocenters. The van der Waals surface area contributed by atoms with Gasteiger partial charge in [-0.25, -0.2) is 4.79 Å². The van der Waals surface area contributed by atoms with Crippen molar-refractivity contribution in [3.63, 3.8) is 0 Å². The fourth-order valence-corrected chi connectivity index (χ4v) is 2.37. The largest absolute Gasteiger partial charge is 0.492 e. The van der Waals surface area contributed by atoms with Gasteiger partial charge in [0.05, 0.1) is 12.1 Å². The van der Waals surface area contributed by atoms with Gasteiger partial charge in [-0.2, -0.15) is 0 Å². The van der Waals surface area contributed by atoms with Crippen LogP contribution >= 0.6 is 0 Å². The van der Waals surface area contributed by atoms with E-state index in [1.165, 1.54) is 12.1 Å². The summed E-state index contributed by atoms with van der Waals surface area (Å²) in [7, 11) is 0. The minimum Gasteiger partial charge on any atom is -0.492 e. The van der Waals surface area contributed by atoms with Crippen molar-refractivity contribution in [2.75, 3.05) is 19.7 Å². The van der Waals surface area contributed by atoms with E-state index in [1.54, 1.807) is 12.1 Å². The quantitative estimate of drug-likeness (QED) is 0.522. The van der Waals surface area contributed by atoms with Crippen LogP contribution in [-0.2, 0) is 9.59 Å². The van der Waals surface area contributed by atoms with E-state index in [-0.39, 0.29) is 30.4 Å². The lowest BCUT2D eigenvalue weighted by Crippen LogP contribution is -2.35. The summed E-state index contributed by atoms with van der Waals surface area (Å²) in [4.78, 5) is 34.6. The normalized spacial score (nSPS) is 10.9. The second kappa shape index (κ2) is 10.4. The van der Waals surface area contributed by atoms with Crippen molar-refractivity contribution in [1.82, 2.24) is 10.6 Å². The third-order valence-electron chi connectivity index (χ3n) is 3.64. The molecule has 0 aliphatic carbocycles. The lowest BCUT2D eigenvalue weighted by Gasteiger charge is -2.23. The average molecular weight is 364 g/mol. The molecule has 0 radical (unpaired) electrons. The molecular formula is C19H28N2O5. The lowest BCUT2D eigenvalue weighted by atomic mass is 9.85. The van der Waals surface area contributed by atoms with E-state index in [2.05, 4.69) is 10.6 Å². The number of carbonyl (C=O) groups is 3. The average Bonchev–Trinajstić information content (AvgIpc) is 2.56. The Morgan fingerprint density at radius 1 is 1.00 bits per heavy atom. The molecule has 7 heteroatoms. The van der Waals surface area contributed by atoms with Gasteiger partial charge in [0.2, 0.25) is 11.8 Å². The topological polar surface area (TPSA) is 105 Å². The van der Waals surface area contributed by atoms with Crippen LogP contribution in [0, 0.1) is 5.41 Å². The van der Waals surface area contributed by atoms with Crippen LogP contribution in [0.25, 0.3) is 0 Å². The van der Waals surface area contributed by atoms with E-state index in [9.17, 15) is 14.4 Å².